The van der Waals surface area contributed by atoms with Gasteiger partial charge in [0.15, 0.2) is 0 Å². The lowest BCUT2D eigenvalue weighted by atomic mass is 10.3. The second kappa shape index (κ2) is 8.69. The first-order valence-electron chi connectivity index (χ1n) is 8.26. The van der Waals surface area contributed by atoms with Crippen molar-refractivity contribution in [1.29, 1.82) is 0 Å². The van der Waals surface area contributed by atoms with E-state index in [4.69, 9.17) is 21.1 Å². The normalized spacial score (nSPS) is 10.8. The highest BCUT2D eigenvalue weighted by Gasteiger charge is 2.12. The number of benzene rings is 2. The number of hydrogen-bond donors (Lipinski definition) is 1. The fourth-order valence-electron chi connectivity index (χ4n) is 2.68. The van der Waals surface area contributed by atoms with E-state index in [1.165, 1.54) is 7.11 Å². The number of para-hydroxylation sites is 3. The minimum absolute atomic E-state index is 0.0237. The molecule has 0 atom stereocenters. The molecule has 0 aliphatic carbocycles. The molecule has 0 aliphatic heterocycles. The number of fused-ring (bicyclic) bond motifs is 1. The average molecular weight is 374 g/mol. The Morgan fingerprint density at radius 1 is 1.19 bits per heavy atom. The molecule has 2 aromatic carbocycles. The van der Waals surface area contributed by atoms with Crippen LogP contribution in [0.3, 0.4) is 0 Å². The Hall–Kier alpha value is -2.57. The molecule has 1 aromatic heterocycles. The number of nitrogens with zero attached hydrogens (tertiary/aromatic N) is 2. The molecule has 136 valence electrons. The van der Waals surface area contributed by atoms with Crippen LogP contribution < -0.4 is 10.1 Å². The topological polar surface area (TPSA) is 65.4 Å². The number of imidazole rings is 1. The van der Waals surface area contributed by atoms with Gasteiger partial charge in [-0.25, -0.2) is 4.98 Å². The summed E-state index contributed by atoms with van der Waals surface area (Å²) in [5.41, 5.74) is 1.87. The Bertz CT molecular complexity index is 895. The van der Waals surface area contributed by atoms with E-state index in [9.17, 15) is 4.79 Å². The Morgan fingerprint density at radius 3 is 2.77 bits per heavy atom. The largest absolute Gasteiger partial charge is 0.490 e. The average Bonchev–Trinajstić information content (AvgIpc) is 3.00. The molecule has 0 radical (unpaired) electrons. The fourth-order valence-corrected chi connectivity index (χ4v) is 2.87. The van der Waals surface area contributed by atoms with Crippen molar-refractivity contribution in [2.24, 2.45) is 0 Å². The van der Waals surface area contributed by atoms with Gasteiger partial charge in [0.05, 0.1) is 29.1 Å². The zero-order chi connectivity index (χ0) is 18.4. The van der Waals surface area contributed by atoms with Gasteiger partial charge in [0, 0.05) is 7.11 Å². The summed E-state index contributed by atoms with van der Waals surface area (Å²) < 4.78 is 12.7. The van der Waals surface area contributed by atoms with Crippen molar-refractivity contribution in [1.82, 2.24) is 14.9 Å². The van der Waals surface area contributed by atoms with Crippen LogP contribution in [0, 0.1) is 0 Å². The van der Waals surface area contributed by atoms with Gasteiger partial charge in [-0.3, -0.25) is 4.79 Å². The van der Waals surface area contributed by atoms with Gasteiger partial charge in [0.2, 0.25) is 5.91 Å². The van der Waals surface area contributed by atoms with Crippen LogP contribution in [0.2, 0.25) is 5.02 Å². The maximum Gasteiger partial charge on any atom is 0.246 e. The van der Waals surface area contributed by atoms with Crippen LogP contribution in [-0.4, -0.2) is 35.8 Å². The molecule has 7 heteroatoms. The maximum atomic E-state index is 11.7. The van der Waals surface area contributed by atoms with Crippen LogP contribution in [-0.2, 0) is 22.6 Å². The number of hydrogen-bond acceptors (Lipinski definition) is 4. The first-order chi connectivity index (χ1) is 12.7. The Kier molecular flexibility index (Phi) is 6.09. The lowest BCUT2D eigenvalue weighted by Crippen LogP contribution is -2.28. The van der Waals surface area contributed by atoms with E-state index in [2.05, 4.69) is 10.3 Å². The van der Waals surface area contributed by atoms with E-state index in [1.807, 2.05) is 47.0 Å². The van der Waals surface area contributed by atoms with Crippen LogP contribution in [0.4, 0.5) is 0 Å². The van der Waals surface area contributed by atoms with Crippen LogP contribution >= 0.6 is 11.6 Å². The number of amides is 1. The lowest BCUT2D eigenvalue weighted by molar-refractivity contribution is -0.124. The van der Waals surface area contributed by atoms with Crippen LogP contribution in [0.1, 0.15) is 5.82 Å². The lowest BCUT2D eigenvalue weighted by Gasteiger charge is -2.12. The van der Waals surface area contributed by atoms with E-state index in [-0.39, 0.29) is 12.5 Å². The molecule has 0 unspecified atom stereocenters. The third-order valence-electron chi connectivity index (χ3n) is 3.86. The summed E-state index contributed by atoms with van der Waals surface area (Å²) in [6.45, 7) is 1.36. The van der Waals surface area contributed by atoms with Gasteiger partial charge in [-0.15, -0.1) is 0 Å². The molecule has 0 fully saturated rings. The van der Waals surface area contributed by atoms with Crippen molar-refractivity contribution >= 4 is 28.5 Å². The van der Waals surface area contributed by atoms with Gasteiger partial charge in [0.1, 0.15) is 24.8 Å². The highest BCUT2D eigenvalue weighted by atomic mass is 35.5. The Balaban J connectivity index is 1.73. The van der Waals surface area contributed by atoms with Gasteiger partial charge in [0.25, 0.3) is 0 Å². The number of aromatic nitrogens is 2. The Labute approximate surface area is 156 Å². The molecule has 0 aliphatic rings. The van der Waals surface area contributed by atoms with E-state index in [1.54, 1.807) is 6.07 Å². The van der Waals surface area contributed by atoms with Gasteiger partial charge in [-0.05, 0) is 24.3 Å². The number of halogens is 1. The van der Waals surface area contributed by atoms with E-state index in [0.29, 0.717) is 30.5 Å². The monoisotopic (exact) mass is 373 g/mol. The molecule has 3 aromatic rings. The van der Waals surface area contributed by atoms with Crippen molar-refractivity contribution in [3.05, 3.63) is 59.4 Å². The van der Waals surface area contributed by atoms with Crippen LogP contribution in [0.25, 0.3) is 11.0 Å². The third-order valence-corrected chi connectivity index (χ3v) is 4.17. The molecule has 1 heterocycles. The molecule has 0 bridgehead atoms. The van der Waals surface area contributed by atoms with E-state index >= 15 is 0 Å². The summed E-state index contributed by atoms with van der Waals surface area (Å²) >= 11 is 6.12. The zero-order valence-corrected chi connectivity index (χ0v) is 15.2. The molecule has 0 spiro atoms. The van der Waals surface area contributed by atoms with Gasteiger partial charge in [-0.1, -0.05) is 35.9 Å². The number of methoxy groups -OCH3 is 1. The fraction of sp³-hybridized carbons (Fsp3) is 0.263. The number of ether oxygens (including phenoxy) is 2. The minimum atomic E-state index is -0.182. The van der Waals surface area contributed by atoms with Crippen molar-refractivity contribution in [2.75, 3.05) is 20.3 Å². The summed E-state index contributed by atoms with van der Waals surface area (Å²) in [7, 11) is 1.49. The quantitative estimate of drug-likeness (QED) is 0.659. The summed E-state index contributed by atoms with van der Waals surface area (Å²) in [6.07, 6.45) is 0. The van der Waals surface area contributed by atoms with Crippen molar-refractivity contribution in [2.45, 2.75) is 13.1 Å². The molecule has 1 amide bonds. The number of rotatable bonds is 8. The van der Waals surface area contributed by atoms with Crippen molar-refractivity contribution in [3.8, 4) is 5.75 Å². The second-order valence-corrected chi connectivity index (χ2v) is 6.06. The third kappa shape index (κ3) is 4.33. The minimum Gasteiger partial charge on any atom is -0.490 e. The van der Waals surface area contributed by atoms with Gasteiger partial charge < -0.3 is 19.4 Å². The smallest absolute Gasteiger partial charge is 0.246 e. The van der Waals surface area contributed by atoms with Gasteiger partial charge in [-0.2, -0.15) is 0 Å². The standard InChI is InChI=1S/C19H20ClN3O3/c1-25-13-19(24)21-12-18-22-15-7-3-4-8-16(15)23(18)10-11-26-17-9-5-2-6-14(17)20/h2-9H,10-13H2,1H3,(H,21,24). The van der Waals surface area contributed by atoms with Crippen molar-refractivity contribution < 1.29 is 14.3 Å². The first kappa shape index (κ1) is 18.2. The van der Waals surface area contributed by atoms with Crippen molar-refractivity contribution in [3.63, 3.8) is 0 Å². The van der Waals surface area contributed by atoms with Crippen LogP contribution in [0.15, 0.2) is 48.5 Å². The van der Waals surface area contributed by atoms with Gasteiger partial charge >= 0.3 is 0 Å². The predicted molar refractivity (Wildman–Crippen MR) is 100 cm³/mol. The molecular weight excluding hydrogens is 354 g/mol. The first-order valence-corrected chi connectivity index (χ1v) is 8.64. The zero-order valence-electron chi connectivity index (χ0n) is 14.4. The molecule has 1 N–H and O–H groups in total. The Morgan fingerprint density at radius 2 is 1.96 bits per heavy atom. The second-order valence-electron chi connectivity index (χ2n) is 5.66. The van der Waals surface area contributed by atoms with Crippen LogP contribution in [0.5, 0.6) is 5.75 Å². The highest BCUT2D eigenvalue weighted by Crippen LogP contribution is 2.23. The number of carbonyl (C=O) groups is 1. The predicted octanol–water partition coefficient (Wildman–Crippen LogP) is 3.03. The number of carbonyl (C=O) groups excluding carboxylic acids is 1. The van der Waals surface area contributed by atoms with E-state index < -0.39 is 0 Å². The number of nitrogens with one attached hydrogen (secondary N) is 1. The maximum absolute atomic E-state index is 11.7. The summed E-state index contributed by atoms with van der Waals surface area (Å²) in [4.78, 5) is 16.3. The molecule has 6 nitrogen and oxygen atoms in total. The summed E-state index contributed by atoms with van der Waals surface area (Å²) in [5, 5.41) is 3.39. The SMILES string of the molecule is COCC(=O)NCc1nc2ccccc2n1CCOc1ccccc1Cl. The molecular formula is C19H20ClN3O3. The highest BCUT2D eigenvalue weighted by molar-refractivity contribution is 6.32. The molecule has 26 heavy (non-hydrogen) atoms. The summed E-state index contributed by atoms with van der Waals surface area (Å²) in [5.74, 6) is 1.23. The molecule has 0 saturated carbocycles. The summed E-state index contributed by atoms with van der Waals surface area (Å²) in [6, 6.07) is 15.2. The molecule has 0 saturated heterocycles. The molecule has 3 rings (SSSR count). The van der Waals surface area contributed by atoms with E-state index in [0.717, 1.165) is 16.9 Å².